The van der Waals surface area contributed by atoms with E-state index in [0.29, 0.717) is 28.6 Å². The zero-order valence-corrected chi connectivity index (χ0v) is 9.66. The van der Waals surface area contributed by atoms with Crippen LogP contribution < -0.4 is 11.1 Å². The smallest absolute Gasteiger partial charge is 0.253 e. The second-order valence-corrected chi connectivity index (χ2v) is 3.87. The van der Waals surface area contributed by atoms with E-state index in [0.717, 1.165) is 0 Å². The molecule has 0 aliphatic heterocycles. The highest BCUT2D eigenvalue weighted by molar-refractivity contribution is 6.34. The number of amides is 1. The number of imidazole rings is 1. The molecule has 2 aromatic rings. The van der Waals surface area contributed by atoms with Gasteiger partial charge >= 0.3 is 0 Å². The molecule has 6 heteroatoms. The largest absolute Gasteiger partial charge is 0.399 e. The van der Waals surface area contributed by atoms with Gasteiger partial charge in [-0.1, -0.05) is 11.6 Å². The van der Waals surface area contributed by atoms with Crippen molar-refractivity contribution in [3.63, 3.8) is 0 Å². The number of aromatic amines is 1. The summed E-state index contributed by atoms with van der Waals surface area (Å²) in [6.07, 6.45) is 3.31. The molecular weight excluding hydrogens is 240 g/mol. The Morgan fingerprint density at radius 2 is 2.35 bits per heavy atom. The molecule has 1 amide bonds. The van der Waals surface area contributed by atoms with E-state index in [-0.39, 0.29) is 5.91 Å². The van der Waals surface area contributed by atoms with Crippen LogP contribution in [0.1, 0.15) is 16.2 Å². The van der Waals surface area contributed by atoms with Gasteiger partial charge in [-0.2, -0.15) is 0 Å². The molecule has 0 radical (unpaired) electrons. The average Bonchev–Trinajstić information content (AvgIpc) is 2.78. The number of hydrogen-bond acceptors (Lipinski definition) is 3. The second-order valence-electron chi connectivity index (χ2n) is 3.46. The Kier molecular flexibility index (Phi) is 3.30. The van der Waals surface area contributed by atoms with Crippen LogP contribution in [0.3, 0.4) is 0 Å². The van der Waals surface area contributed by atoms with Crippen molar-refractivity contribution in [2.24, 2.45) is 0 Å². The van der Waals surface area contributed by atoms with Gasteiger partial charge in [-0.05, 0) is 18.2 Å². The number of nitrogens with zero attached hydrogens (tertiary/aromatic N) is 1. The van der Waals surface area contributed by atoms with Crippen LogP contribution in [0.4, 0.5) is 5.69 Å². The molecule has 0 unspecified atom stereocenters. The third kappa shape index (κ3) is 2.76. The van der Waals surface area contributed by atoms with E-state index >= 15 is 0 Å². The van der Waals surface area contributed by atoms with Crippen molar-refractivity contribution >= 4 is 23.2 Å². The number of halogens is 1. The summed E-state index contributed by atoms with van der Waals surface area (Å²) >= 11 is 5.92. The fourth-order valence-corrected chi connectivity index (χ4v) is 1.64. The fourth-order valence-electron chi connectivity index (χ4n) is 1.37. The predicted molar refractivity (Wildman–Crippen MR) is 65.6 cm³/mol. The van der Waals surface area contributed by atoms with Gasteiger partial charge in [-0.15, -0.1) is 0 Å². The summed E-state index contributed by atoms with van der Waals surface area (Å²) in [7, 11) is 0. The van der Waals surface area contributed by atoms with Crippen LogP contribution in [0, 0.1) is 0 Å². The van der Waals surface area contributed by atoms with E-state index in [1.54, 1.807) is 30.6 Å². The van der Waals surface area contributed by atoms with Crippen molar-refractivity contribution in [3.8, 4) is 0 Å². The van der Waals surface area contributed by atoms with Crippen LogP contribution in [-0.2, 0) is 6.54 Å². The molecule has 0 saturated heterocycles. The summed E-state index contributed by atoms with van der Waals surface area (Å²) < 4.78 is 0. The SMILES string of the molecule is Nc1ccc(C(=O)NCc2ncc[nH]2)c(Cl)c1. The predicted octanol–water partition coefficient (Wildman–Crippen LogP) is 1.58. The third-order valence-corrected chi connectivity index (χ3v) is 2.52. The van der Waals surface area contributed by atoms with Crippen LogP contribution in [0.2, 0.25) is 5.02 Å². The first kappa shape index (κ1) is 11.5. The molecular formula is C11H11ClN4O. The zero-order valence-electron chi connectivity index (χ0n) is 8.90. The Morgan fingerprint density at radius 1 is 1.53 bits per heavy atom. The van der Waals surface area contributed by atoms with E-state index in [4.69, 9.17) is 17.3 Å². The molecule has 1 heterocycles. The van der Waals surface area contributed by atoms with Gasteiger partial charge in [0, 0.05) is 18.1 Å². The topological polar surface area (TPSA) is 83.8 Å². The fraction of sp³-hybridized carbons (Fsp3) is 0.0909. The molecule has 0 atom stereocenters. The van der Waals surface area contributed by atoms with Crippen LogP contribution in [-0.4, -0.2) is 15.9 Å². The minimum Gasteiger partial charge on any atom is -0.399 e. The number of nitrogen functional groups attached to an aromatic ring is 1. The maximum Gasteiger partial charge on any atom is 0.253 e. The number of nitrogens with one attached hydrogen (secondary N) is 2. The van der Waals surface area contributed by atoms with Crippen molar-refractivity contribution in [1.29, 1.82) is 0 Å². The van der Waals surface area contributed by atoms with Crippen molar-refractivity contribution in [1.82, 2.24) is 15.3 Å². The lowest BCUT2D eigenvalue weighted by Crippen LogP contribution is -2.23. The lowest BCUT2D eigenvalue weighted by molar-refractivity contribution is 0.0950. The normalized spacial score (nSPS) is 10.2. The van der Waals surface area contributed by atoms with E-state index in [1.807, 2.05) is 0 Å². The molecule has 5 nitrogen and oxygen atoms in total. The maximum absolute atomic E-state index is 11.8. The number of carbonyl (C=O) groups is 1. The van der Waals surface area contributed by atoms with Gasteiger partial charge in [-0.3, -0.25) is 4.79 Å². The molecule has 4 N–H and O–H groups in total. The number of carbonyl (C=O) groups excluding carboxylic acids is 1. The lowest BCUT2D eigenvalue weighted by Gasteiger charge is -2.05. The van der Waals surface area contributed by atoms with E-state index in [9.17, 15) is 4.79 Å². The van der Waals surface area contributed by atoms with Gasteiger partial charge in [0.1, 0.15) is 5.82 Å². The summed E-state index contributed by atoms with van der Waals surface area (Å²) in [5, 5.41) is 3.04. The van der Waals surface area contributed by atoms with Gasteiger partial charge < -0.3 is 16.0 Å². The summed E-state index contributed by atoms with van der Waals surface area (Å²) in [6.45, 7) is 0.326. The quantitative estimate of drug-likeness (QED) is 0.723. The van der Waals surface area contributed by atoms with Gasteiger partial charge in [-0.25, -0.2) is 4.98 Å². The monoisotopic (exact) mass is 250 g/mol. The summed E-state index contributed by atoms with van der Waals surface area (Å²) in [5.41, 5.74) is 6.47. The minimum atomic E-state index is -0.258. The van der Waals surface area contributed by atoms with Crippen molar-refractivity contribution in [2.45, 2.75) is 6.54 Å². The number of rotatable bonds is 3. The number of nitrogens with two attached hydrogens (primary N) is 1. The van der Waals surface area contributed by atoms with Crippen LogP contribution in [0.15, 0.2) is 30.6 Å². The Morgan fingerprint density at radius 3 is 3.00 bits per heavy atom. The van der Waals surface area contributed by atoms with Crippen molar-refractivity contribution < 1.29 is 4.79 Å². The standard InChI is InChI=1S/C11H11ClN4O/c12-9-5-7(13)1-2-8(9)11(17)16-6-10-14-3-4-15-10/h1-5H,6,13H2,(H,14,15)(H,16,17). The highest BCUT2D eigenvalue weighted by Gasteiger charge is 2.10. The zero-order chi connectivity index (χ0) is 12.3. The Hall–Kier alpha value is -2.01. The van der Waals surface area contributed by atoms with Crippen molar-refractivity contribution in [2.75, 3.05) is 5.73 Å². The molecule has 0 spiro atoms. The molecule has 88 valence electrons. The Labute approximate surface area is 103 Å². The number of aromatic nitrogens is 2. The Balaban J connectivity index is 2.04. The maximum atomic E-state index is 11.8. The molecule has 1 aromatic heterocycles. The van der Waals surface area contributed by atoms with E-state index in [2.05, 4.69) is 15.3 Å². The summed E-state index contributed by atoms with van der Waals surface area (Å²) in [6, 6.07) is 4.77. The van der Waals surface area contributed by atoms with Gasteiger partial charge in [0.05, 0.1) is 17.1 Å². The summed E-state index contributed by atoms with van der Waals surface area (Å²) in [4.78, 5) is 18.7. The van der Waals surface area contributed by atoms with E-state index in [1.165, 1.54) is 0 Å². The molecule has 17 heavy (non-hydrogen) atoms. The Bertz CT molecular complexity index is 524. The molecule has 0 bridgehead atoms. The van der Waals surface area contributed by atoms with Gasteiger partial charge in [0.2, 0.25) is 0 Å². The average molecular weight is 251 g/mol. The van der Waals surface area contributed by atoms with Crippen LogP contribution in [0.5, 0.6) is 0 Å². The molecule has 1 aromatic carbocycles. The van der Waals surface area contributed by atoms with Crippen LogP contribution in [0.25, 0.3) is 0 Å². The molecule has 0 fully saturated rings. The molecule has 0 aliphatic rings. The number of benzene rings is 1. The van der Waals surface area contributed by atoms with Crippen molar-refractivity contribution in [3.05, 3.63) is 47.0 Å². The third-order valence-electron chi connectivity index (χ3n) is 2.21. The molecule has 2 rings (SSSR count). The number of hydrogen-bond donors (Lipinski definition) is 3. The highest BCUT2D eigenvalue weighted by Crippen LogP contribution is 2.18. The van der Waals surface area contributed by atoms with Gasteiger partial charge in [0.25, 0.3) is 5.91 Å². The summed E-state index contributed by atoms with van der Waals surface area (Å²) in [5.74, 6) is 0.427. The van der Waals surface area contributed by atoms with Gasteiger partial charge in [0.15, 0.2) is 0 Å². The minimum absolute atomic E-state index is 0.258. The molecule has 0 saturated carbocycles. The van der Waals surface area contributed by atoms with E-state index < -0.39 is 0 Å². The van der Waals surface area contributed by atoms with Crippen LogP contribution >= 0.6 is 11.6 Å². The lowest BCUT2D eigenvalue weighted by atomic mass is 10.2. The first-order valence-corrected chi connectivity index (χ1v) is 5.36. The second kappa shape index (κ2) is 4.88. The number of anilines is 1. The first-order chi connectivity index (χ1) is 8.16. The first-order valence-electron chi connectivity index (χ1n) is 4.98. The molecule has 0 aliphatic carbocycles. The highest BCUT2D eigenvalue weighted by atomic mass is 35.5. The number of H-pyrrole nitrogens is 1.